The Balaban J connectivity index is 1.08. The molecule has 0 radical (unpaired) electrons. The minimum Gasteiger partial charge on any atom is -0.481 e. The Kier molecular flexibility index (Phi) is 10.9. The van der Waals surface area contributed by atoms with Crippen LogP contribution in [0.1, 0.15) is 79.9 Å². The highest BCUT2D eigenvalue weighted by molar-refractivity contribution is 6.36. The number of nitrogens with zero attached hydrogens (tertiary/aromatic N) is 3. The number of hydrogen-bond donors (Lipinski definition) is 3. The number of fused-ring (bicyclic) bond motifs is 1. The van der Waals surface area contributed by atoms with Crippen molar-refractivity contribution >= 4 is 29.1 Å². The van der Waals surface area contributed by atoms with E-state index < -0.39 is 0 Å². The SMILES string of the molecule is COc1nc(O[C@H]2CCc3c(-c4cccc(-c5cnc(CN[C@@H]6CCC[C@@H]6O)c(OC)n5)c4Cl)cccc32)c(Cl)cc1CCC[C@@H]1CCC(=O)N1. The summed E-state index contributed by atoms with van der Waals surface area (Å²) in [6.07, 6.45) is 9.46. The topological polar surface area (TPSA) is 128 Å². The number of halogens is 2. The molecular weight excluding hydrogens is 689 g/mol. The van der Waals surface area contributed by atoms with Gasteiger partial charge in [0, 0.05) is 41.7 Å². The largest absolute Gasteiger partial charge is 0.481 e. The number of benzene rings is 2. The fourth-order valence-electron chi connectivity index (χ4n) is 7.65. The smallest absolute Gasteiger partial charge is 0.237 e. The lowest BCUT2D eigenvalue weighted by Gasteiger charge is -2.18. The molecule has 51 heavy (non-hydrogen) atoms. The van der Waals surface area contributed by atoms with Crippen molar-refractivity contribution in [1.82, 2.24) is 25.6 Å². The molecule has 3 aliphatic rings. The van der Waals surface area contributed by atoms with Gasteiger partial charge in [0.15, 0.2) is 0 Å². The van der Waals surface area contributed by atoms with E-state index in [0.29, 0.717) is 52.0 Å². The Morgan fingerprint density at radius 2 is 1.75 bits per heavy atom. The van der Waals surface area contributed by atoms with Crippen molar-refractivity contribution in [3.8, 4) is 40.0 Å². The zero-order valence-corrected chi connectivity index (χ0v) is 30.4. The van der Waals surface area contributed by atoms with Gasteiger partial charge in [0.05, 0.1) is 37.2 Å². The lowest BCUT2D eigenvalue weighted by molar-refractivity contribution is -0.119. The van der Waals surface area contributed by atoms with Crippen LogP contribution in [0.2, 0.25) is 10.0 Å². The van der Waals surface area contributed by atoms with Gasteiger partial charge in [-0.15, -0.1) is 0 Å². The molecule has 2 aliphatic carbocycles. The Bertz CT molecular complexity index is 1910. The standard InChI is InChI=1S/C39H43Cl2N5O5/c1-49-37-22(7-3-8-23-15-18-35(48)44-23)19-29(40)38(46-37)51-34-17-16-25-24(9-4-10-26(25)34)27-11-5-12-28(36(27)41)31-20-43-32(39(45-31)50-2)21-42-30-13-6-14-33(30)47/h4-5,9-12,19-20,23,30,33-34,42,47H,3,6-8,13-18,21H2,1-2H3,(H,44,48)/t23-,30-,33+,34+/m1/s1. The number of carbonyl (C=O) groups excluding carboxylic acids is 1. The van der Waals surface area contributed by atoms with E-state index in [-0.39, 0.29) is 30.2 Å². The molecule has 0 bridgehead atoms. The molecule has 1 saturated heterocycles. The van der Waals surface area contributed by atoms with Crippen LogP contribution in [-0.4, -0.2) is 58.4 Å². The van der Waals surface area contributed by atoms with E-state index in [1.54, 1.807) is 20.4 Å². The summed E-state index contributed by atoms with van der Waals surface area (Å²) in [6, 6.07) is 14.3. The molecule has 2 aromatic heterocycles. The average molecular weight is 733 g/mol. The molecule has 7 rings (SSSR count). The molecule has 1 amide bonds. The predicted octanol–water partition coefficient (Wildman–Crippen LogP) is 7.20. The number of rotatable bonds is 13. The third-order valence-corrected chi connectivity index (χ3v) is 11.0. The lowest BCUT2D eigenvalue weighted by atomic mass is 9.95. The lowest BCUT2D eigenvalue weighted by Crippen LogP contribution is -2.35. The fraction of sp³-hybridized carbons (Fsp3) is 0.436. The van der Waals surface area contributed by atoms with E-state index in [2.05, 4.69) is 32.7 Å². The van der Waals surface area contributed by atoms with Gasteiger partial charge in [0.1, 0.15) is 16.8 Å². The van der Waals surface area contributed by atoms with Gasteiger partial charge < -0.3 is 30.0 Å². The molecule has 2 aromatic carbocycles. The fourth-order valence-corrected chi connectivity index (χ4v) is 8.19. The summed E-state index contributed by atoms with van der Waals surface area (Å²) in [6.45, 7) is 0.450. The quantitative estimate of drug-likeness (QED) is 0.131. The number of aryl methyl sites for hydroxylation is 1. The molecule has 0 unspecified atom stereocenters. The molecule has 12 heteroatoms. The van der Waals surface area contributed by atoms with Gasteiger partial charge in [-0.05, 0) is 80.5 Å². The van der Waals surface area contributed by atoms with Gasteiger partial charge in [-0.25, -0.2) is 4.98 Å². The summed E-state index contributed by atoms with van der Waals surface area (Å²) in [7, 11) is 3.19. The Morgan fingerprint density at radius 1 is 0.941 bits per heavy atom. The van der Waals surface area contributed by atoms with Crippen molar-refractivity contribution in [3.63, 3.8) is 0 Å². The second-order valence-electron chi connectivity index (χ2n) is 13.5. The molecule has 4 aromatic rings. The minimum absolute atomic E-state index is 0.0472. The van der Waals surface area contributed by atoms with Gasteiger partial charge in [0.25, 0.3) is 0 Å². The number of hydrogen-bond acceptors (Lipinski definition) is 9. The number of aliphatic hydroxyl groups is 1. The van der Waals surface area contributed by atoms with E-state index in [9.17, 15) is 9.90 Å². The van der Waals surface area contributed by atoms with Crippen LogP contribution in [0.25, 0.3) is 22.4 Å². The zero-order chi connectivity index (χ0) is 35.5. The van der Waals surface area contributed by atoms with E-state index in [1.807, 2.05) is 30.3 Å². The van der Waals surface area contributed by atoms with Crippen molar-refractivity contribution in [2.24, 2.45) is 0 Å². The highest BCUT2D eigenvalue weighted by atomic mass is 35.5. The van der Waals surface area contributed by atoms with Gasteiger partial charge >= 0.3 is 0 Å². The second kappa shape index (κ2) is 15.7. The van der Waals surface area contributed by atoms with Crippen LogP contribution in [0.15, 0.2) is 48.7 Å². The number of aliphatic hydroxyl groups excluding tert-OH is 1. The first kappa shape index (κ1) is 35.4. The van der Waals surface area contributed by atoms with E-state index in [1.165, 1.54) is 5.56 Å². The maximum Gasteiger partial charge on any atom is 0.237 e. The highest BCUT2D eigenvalue weighted by Gasteiger charge is 2.30. The summed E-state index contributed by atoms with van der Waals surface area (Å²) < 4.78 is 17.8. The Labute approximate surface area is 308 Å². The summed E-state index contributed by atoms with van der Waals surface area (Å²) in [5.74, 6) is 1.39. The summed E-state index contributed by atoms with van der Waals surface area (Å²) in [4.78, 5) is 25.7. The molecule has 1 aliphatic heterocycles. The van der Waals surface area contributed by atoms with Gasteiger partial charge in [-0.1, -0.05) is 59.6 Å². The third kappa shape index (κ3) is 7.65. The first-order chi connectivity index (χ1) is 24.8. The van der Waals surface area contributed by atoms with Gasteiger partial charge in [-0.2, -0.15) is 4.98 Å². The molecule has 3 N–H and O–H groups in total. The maximum atomic E-state index is 11.6. The molecule has 3 heterocycles. The monoisotopic (exact) mass is 731 g/mol. The third-order valence-electron chi connectivity index (χ3n) is 10.3. The maximum absolute atomic E-state index is 11.6. The van der Waals surface area contributed by atoms with Crippen molar-refractivity contribution in [2.45, 2.75) is 95.0 Å². The van der Waals surface area contributed by atoms with Crippen molar-refractivity contribution in [2.75, 3.05) is 14.2 Å². The van der Waals surface area contributed by atoms with Crippen molar-refractivity contribution < 1.29 is 24.1 Å². The zero-order valence-electron chi connectivity index (χ0n) is 28.9. The number of ether oxygens (including phenoxy) is 3. The number of carbonyl (C=O) groups is 1. The number of methoxy groups -OCH3 is 2. The molecular formula is C39H43Cl2N5O5. The Hall–Kier alpha value is -3.96. The summed E-state index contributed by atoms with van der Waals surface area (Å²) in [5.41, 5.74) is 7.13. The first-order valence-corrected chi connectivity index (χ1v) is 18.5. The normalized spacial score (nSPS) is 21.1. The minimum atomic E-state index is -0.342. The molecule has 4 atom stereocenters. The highest BCUT2D eigenvalue weighted by Crippen LogP contribution is 2.44. The molecule has 10 nitrogen and oxygen atoms in total. The summed E-state index contributed by atoms with van der Waals surface area (Å²) >= 11 is 13.9. The molecule has 268 valence electrons. The van der Waals surface area contributed by atoms with Crippen LogP contribution in [-0.2, 0) is 24.2 Å². The van der Waals surface area contributed by atoms with Crippen LogP contribution >= 0.6 is 23.2 Å². The van der Waals surface area contributed by atoms with Gasteiger partial charge in [0.2, 0.25) is 23.5 Å². The summed E-state index contributed by atoms with van der Waals surface area (Å²) in [5, 5.41) is 17.6. The van der Waals surface area contributed by atoms with E-state index in [4.69, 9.17) is 42.4 Å². The van der Waals surface area contributed by atoms with Crippen LogP contribution in [0, 0.1) is 0 Å². The van der Waals surface area contributed by atoms with Crippen molar-refractivity contribution in [1.29, 1.82) is 0 Å². The molecule has 1 saturated carbocycles. The van der Waals surface area contributed by atoms with Crippen LogP contribution in [0.4, 0.5) is 0 Å². The number of amides is 1. The van der Waals surface area contributed by atoms with E-state index in [0.717, 1.165) is 85.6 Å². The van der Waals surface area contributed by atoms with Crippen LogP contribution in [0.5, 0.6) is 17.6 Å². The Morgan fingerprint density at radius 3 is 2.51 bits per heavy atom. The number of aromatic nitrogens is 3. The average Bonchev–Trinajstić information content (AvgIpc) is 3.88. The van der Waals surface area contributed by atoms with E-state index >= 15 is 0 Å². The first-order valence-electron chi connectivity index (χ1n) is 17.7. The number of nitrogens with one attached hydrogen (secondary N) is 2. The van der Waals surface area contributed by atoms with Gasteiger partial charge in [-0.3, -0.25) is 9.78 Å². The number of pyridine rings is 1. The van der Waals surface area contributed by atoms with Crippen molar-refractivity contribution in [3.05, 3.63) is 81.1 Å². The molecule has 2 fully saturated rings. The van der Waals surface area contributed by atoms with Crippen LogP contribution in [0.3, 0.4) is 0 Å². The second-order valence-corrected chi connectivity index (χ2v) is 14.3. The van der Waals surface area contributed by atoms with Crippen LogP contribution < -0.4 is 24.8 Å². The predicted molar refractivity (Wildman–Crippen MR) is 197 cm³/mol. The molecule has 0 spiro atoms.